The van der Waals surface area contributed by atoms with E-state index in [2.05, 4.69) is 16.8 Å². The third kappa shape index (κ3) is 5.80. The Morgan fingerprint density at radius 3 is 2.67 bits per heavy atom. The van der Waals surface area contributed by atoms with E-state index in [-0.39, 0.29) is 5.97 Å². The van der Waals surface area contributed by atoms with Crippen molar-refractivity contribution in [3.8, 4) is 0 Å². The Hall–Kier alpha value is -0.650. The van der Waals surface area contributed by atoms with Gasteiger partial charge in [0.25, 0.3) is 0 Å². The zero-order valence-corrected chi connectivity index (χ0v) is 11.7. The van der Waals surface area contributed by atoms with Crippen molar-refractivity contribution in [1.29, 1.82) is 0 Å². The second-order valence-electron chi connectivity index (χ2n) is 5.00. The number of carbonyl (C=O) groups is 1. The lowest BCUT2D eigenvalue weighted by atomic mass is 10.2. The highest BCUT2D eigenvalue weighted by Crippen LogP contribution is 2.06. The lowest BCUT2D eigenvalue weighted by molar-refractivity contribution is -0.144. The lowest BCUT2D eigenvalue weighted by Gasteiger charge is -2.22. The number of likely N-dealkylation sites (tertiary alicyclic amines) is 1. The highest BCUT2D eigenvalue weighted by Gasteiger charge is 2.16. The van der Waals surface area contributed by atoms with Gasteiger partial charge in [0.1, 0.15) is 6.04 Å². The zero-order chi connectivity index (χ0) is 13.4. The molecule has 1 unspecified atom stereocenters. The highest BCUT2D eigenvalue weighted by atomic mass is 16.5. The summed E-state index contributed by atoms with van der Waals surface area (Å²) in [6, 6.07) is -0.487. The first-order chi connectivity index (χ1) is 8.63. The van der Waals surface area contributed by atoms with E-state index in [0.717, 1.165) is 19.6 Å². The lowest BCUT2D eigenvalue weighted by Crippen LogP contribution is -2.38. The minimum absolute atomic E-state index is 0.287. The summed E-state index contributed by atoms with van der Waals surface area (Å²) in [6.07, 6.45) is 3.32. The van der Waals surface area contributed by atoms with Crippen LogP contribution in [0.5, 0.6) is 0 Å². The number of rotatable bonds is 8. The molecule has 5 heteroatoms. The molecule has 1 aliphatic heterocycles. The second kappa shape index (κ2) is 8.45. The van der Waals surface area contributed by atoms with Gasteiger partial charge in [-0.05, 0) is 52.9 Å². The number of hydrogen-bond donors (Lipinski definition) is 1. The number of esters is 1. The van der Waals surface area contributed by atoms with E-state index >= 15 is 0 Å². The van der Waals surface area contributed by atoms with Gasteiger partial charge in [-0.1, -0.05) is 0 Å². The number of carbonyl (C=O) groups excluding carboxylic acids is 1. The van der Waals surface area contributed by atoms with Crippen molar-refractivity contribution in [2.75, 3.05) is 46.4 Å². The van der Waals surface area contributed by atoms with Gasteiger partial charge in [0, 0.05) is 13.1 Å². The van der Waals surface area contributed by atoms with Crippen molar-refractivity contribution in [3.63, 3.8) is 0 Å². The van der Waals surface area contributed by atoms with Gasteiger partial charge in [0.05, 0.1) is 6.61 Å². The summed E-state index contributed by atoms with van der Waals surface area (Å²) < 4.78 is 4.89. The zero-order valence-electron chi connectivity index (χ0n) is 11.7. The third-order valence-corrected chi connectivity index (χ3v) is 3.41. The molecule has 5 nitrogen and oxygen atoms in total. The Morgan fingerprint density at radius 2 is 2.06 bits per heavy atom. The van der Waals surface area contributed by atoms with Crippen molar-refractivity contribution in [2.45, 2.75) is 32.2 Å². The van der Waals surface area contributed by atoms with E-state index in [1.54, 1.807) is 6.92 Å². The van der Waals surface area contributed by atoms with Crippen LogP contribution in [-0.2, 0) is 9.53 Å². The maximum absolute atomic E-state index is 11.3. The molecule has 1 aliphatic rings. The average Bonchev–Trinajstić information content (AvgIpc) is 2.86. The van der Waals surface area contributed by atoms with Crippen molar-refractivity contribution < 1.29 is 9.53 Å². The Morgan fingerprint density at radius 1 is 1.39 bits per heavy atom. The predicted molar refractivity (Wildman–Crippen MR) is 72.4 cm³/mol. The molecule has 0 bridgehead atoms. The summed E-state index contributed by atoms with van der Waals surface area (Å²) in [5, 5.41) is 0. The molecular formula is C13H27N3O2. The van der Waals surface area contributed by atoms with E-state index in [9.17, 15) is 4.79 Å². The summed E-state index contributed by atoms with van der Waals surface area (Å²) in [7, 11) is 2.08. The number of hydrogen-bond acceptors (Lipinski definition) is 5. The van der Waals surface area contributed by atoms with Gasteiger partial charge < -0.3 is 20.3 Å². The predicted octanol–water partition coefficient (Wildman–Crippen LogP) is 0.295. The fraction of sp³-hybridized carbons (Fsp3) is 0.923. The molecule has 1 fully saturated rings. The molecular weight excluding hydrogens is 230 g/mol. The molecule has 2 N–H and O–H groups in total. The molecule has 1 saturated heterocycles. The number of likely N-dealkylation sites (N-methyl/N-ethyl adjacent to an activating group) is 1. The number of nitrogens with zero attached hydrogens (tertiary/aromatic N) is 2. The smallest absolute Gasteiger partial charge is 0.322 e. The van der Waals surface area contributed by atoms with Crippen molar-refractivity contribution in [2.24, 2.45) is 5.73 Å². The van der Waals surface area contributed by atoms with Gasteiger partial charge in [-0.2, -0.15) is 0 Å². The summed E-state index contributed by atoms with van der Waals surface area (Å²) in [5.74, 6) is -0.287. The first-order valence-electron chi connectivity index (χ1n) is 6.96. The molecule has 0 aromatic carbocycles. The highest BCUT2D eigenvalue weighted by molar-refractivity contribution is 5.75. The van der Waals surface area contributed by atoms with E-state index < -0.39 is 6.04 Å². The molecule has 1 atom stereocenters. The third-order valence-electron chi connectivity index (χ3n) is 3.41. The largest absolute Gasteiger partial charge is 0.465 e. The SMILES string of the molecule is CCOC(=O)C(N)CCN(C)CCN1CCCC1. The molecule has 0 amide bonds. The maximum Gasteiger partial charge on any atom is 0.322 e. The van der Waals surface area contributed by atoms with Gasteiger partial charge in [-0.25, -0.2) is 0 Å². The topological polar surface area (TPSA) is 58.8 Å². The molecule has 0 aromatic rings. The molecule has 1 rings (SSSR count). The molecule has 1 heterocycles. The van der Waals surface area contributed by atoms with Crippen LogP contribution >= 0.6 is 0 Å². The van der Waals surface area contributed by atoms with Gasteiger partial charge in [-0.3, -0.25) is 4.79 Å². The van der Waals surface area contributed by atoms with Gasteiger partial charge in [-0.15, -0.1) is 0 Å². The molecule has 0 aliphatic carbocycles. The molecule has 0 saturated carbocycles. The molecule has 106 valence electrons. The minimum atomic E-state index is -0.487. The van der Waals surface area contributed by atoms with Crippen molar-refractivity contribution in [1.82, 2.24) is 9.80 Å². The fourth-order valence-corrected chi connectivity index (χ4v) is 2.16. The Balaban J connectivity index is 2.08. The van der Waals surface area contributed by atoms with E-state index in [1.807, 2.05) is 0 Å². The summed E-state index contributed by atoms with van der Waals surface area (Å²) in [6.45, 7) is 7.66. The number of nitrogens with two attached hydrogens (primary N) is 1. The molecule has 0 spiro atoms. The van der Waals surface area contributed by atoms with E-state index in [4.69, 9.17) is 10.5 Å². The molecule has 0 aromatic heterocycles. The van der Waals surface area contributed by atoms with Crippen LogP contribution in [0.15, 0.2) is 0 Å². The first-order valence-corrected chi connectivity index (χ1v) is 6.96. The van der Waals surface area contributed by atoms with Crippen LogP contribution in [0.25, 0.3) is 0 Å². The van der Waals surface area contributed by atoms with E-state index in [1.165, 1.54) is 25.9 Å². The monoisotopic (exact) mass is 257 g/mol. The van der Waals surface area contributed by atoms with Crippen LogP contribution in [0.3, 0.4) is 0 Å². The maximum atomic E-state index is 11.3. The van der Waals surface area contributed by atoms with Crippen LogP contribution in [0, 0.1) is 0 Å². The Labute approximate surface area is 110 Å². The molecule has 0 radical (unpaired) electrons. The number of ether oxygens (including phenoxy) is 1. The summed E-state index contributed by atoms with van der Waals surface area (Å²) in [5.41, 5.74) is 5.76. The first kappa shape index (κ1) is 15.4. The van der Waals surface area contributed by atoms with Crippen LogP contribution in [-0.4, -0.2) is 68.2 Å². The van der Waals surface area contributed by atoms with Crippen molar-refractivity contribution in [3.05, 3.63) is 0 Å². The summed E-state index contributed by atoms with van der Waals surface area (Å²) >= 11 is 0. The Bertz CT molecular complexity index is 242. The van der Waals surface area contributed by atoms with Crippen molar-refractivity contribution >= 4 is 5.97 Å². The van der Waals surface area contributed by atoms with Crippen LogP contribution in [0.4, 0.5) is 0 Å². The second-order valence-corrected chi connectivity index (χ2v) is 5.00. The molecule has 18 heavy (non-hydrogen) atoms. The summed E-state index contributed by atoms with van der Waals surface area (Å²) in [4.78, 5) is 16.1. The van der Waals surface area contributed by atoms with Crippen LogP contribution in [0.1, 0.15) is 26.2 Å². The van der Waals surface area contributed by atoms with Crippen LogP contribution < -0.4 is 5.73 Å². The Kier molecular flexibility index (Phi) is 7.23. The standard InChI is InChI=1S/C13H27N3O2/c1-3-18-13(17)12(14)6-9-15(2)10-11-16-7-4-5-8-16/h12H,3-11,14H2,1-2H3. The van der Waals surface area contributed by atoms with Gasteiger partial charge in [0.2, 0.25) is 0 Å². The fourth-order valence-electron chi connectivity index (χ4n) is 2.16. The minimum Gasteiger partial charge on any atom is -0.465 e. The average molecular weight is 257 g/mol. The van der Waals surface area contributed by atoms with E-state index in [0.29, 0.717) is 13.0 Å². The quantitative estimate of drug-likeness (QED) is 0.634. The van der Waals surface area contributed by atoms with Gasteiger partial charge in [0.15, 0.2) is 0 Å². The normalized spacial score (nSPS) is 18.2. The van der Waals surface area contributed by atoms with Crippen LogP contribution in [0.2, 0.25) is 0 Å². The van der Waals surface area contributed by atoms with Gasteiger partial charge >= 0.3 is 5.97 Å².